The number of unbranched alkanes of at least 4 members (excludes halogenated alkanes) is 1. The van der Waals surface area contributed by atoms with E-state index in [1.807, 2.05) is 0 Å². The van der Waals surface area contributed by atoms with Crippen LogP contribution in [0.5, 0.6) is 0 Å². The molecule has 0 bridgehead atoms. The third kappa shape index (κ3) is 10.9. The highest BCUT2D eigenvalue weighted by Crippen LogP contribution is 2.07. The summed E-state index contributed by atoms with van der Waals surface area (Å²) in [5.41, 5.74) is 11.8. The van der Waals surface area contributed by atoms with Crippen LogP contribution < -0.4 is 27.4 Å². The fourth-order valence-electron chi connectivity index (χ4n) is 3.11. The van der Waals surface area contributed by atoms with Crippen LogP contribution in [0.1, 0.15) is 31.2 Å². The maximum atomic E-state index is 13.1. The largest absolute Gasteiger partial charge is 0.481 e. The van der Waals surface area contributed by atoms with Crippen LogP contribution >= 0.6 is 0 Å². The molecule has 13 heteroatoms. The first-order valence-corrected chi connectivity index (χ1v) is 11.0. The molecular weight excluding hydrogens is 462 g/mol. The Bertz CT molecular complexity index is 867. The molecule has 0 radical (unpaired) electrons. The number of carboxylic acid groups (broad SMARTS) is 2. The predicted molar refractivity (Wildman–Crippen MR) is 124 cm³/mol. The fourth-order valence-corrected chi connectivity index (χ4v) is 3.11. The molecule has 35 heavy (non-hydrogen) atoms. The van der Waals surface area contributed by atoms with E-state index in [0.717, 1.165) is 0 Å². The summed E-state index contributed by atoms with van der Waals surface area (Å²) in [4.78, 5) is 60.2. The van der Waals surface area contributed by atoms with E-state index >= 15 is 0 Å². The molecule has 13 nitrogen and oxygen atoms in total. The molecule has 3 amide bonds. The Morgan fingerprint density at radius 3 is 1.94 bits per heavy atom. The summed E-state index contributed by atoms with van der Waals surface area (Å²) < 4.78 is 0. The second-order valence-electron chi connectivity index (χ2n) is 7.88. The first-order chi connectivity index (χ1) is 16.6. The number of nitrogens with one attached hydrogen (secondary N) is 3. The van der Waals surface area contributed by atoms with Gasteiger partial charge in [0.2, 0.25) is 17.7 Å². The van der Waals surface area contributed by atoms with E-state index < -0.39 is 66.9 Å². The molecule has 0 aliphatic heterocycles. The smallest absolute Gasteiger partial charge is 0.328 e. The van der Waals surface area contributed by atoms with Gasteiger partial charge in [-0.1, -0.05) is 30.3 Å². The number of amides is 3. The number of aliphatic hydroxyl groups is 1. The van der Waals surface area contributed by atoms with Gasteiger partial charge in [0.25, 0.3) is 0 Å². The first kappa shape index (κ1) is 29.5. The molecule has 0 saturated carbocycles. The number of carbonyl (C=O) groups excluding carboxylic acids is 3. The van der Waals surface area contributed by atoms with E-state index in [1.165, 1.54) is 0 Å². The van der Waals surface area contributed by atoms with Crippen LogP contribution in [0.2, 0.25) is 0 Å². The normalized spacial score (nSPS) is 14.1. The molecular formula is C22H33N5O8. The van der Waals surface area contributed by atoms with Crippen molar-refractivity contribution in [1.82, 2.24) is 16.0 Å². The van der Waals surface area contributed by atoms with Crippen molar-refractivity contribution in [1.29, 1.82) is 0 Å². The van der Waals surface area contributed by atoms with Crippen LogP contribution in [0.15, 0.2) is 30.3 Å². The quantitative estimate of drug-likeness (QED) is 0.114. The molecule has 0 aliphatic rings. The molecule has 0 saturated heterocycles. The van der Waals surface area contributed by atoms with Gasteiger partial charge in [0.05, 0.1) is 19.1 Å². The SMILES string of the molecule is NCCCCC(NC(=O)C(Cc1ccccc1)NC(=O)C(N)CC(=O)O)C(=O)NC(CO)C(=O)O. The van der Waals surface area contributed by atoms with Gasteiger partial charge in [0.1, 0.15) is 18.1 Å². The van der Waals surface area contributed by atoms with Gasteiger partial charge in [0, 0.05) is 6.42 Å². The summed E-state index contributed by atoms with van der Waals surface area (Å²) >= 11 is 0. The minimum absolute atomic E-state index is 0.0176. The van der Waals surface area contributed by atoms with Crippen molar-refractivity contribution in [3.63, 3.8) is 0 Å². The predicted octanol–water partition coefficient (Wildman–Crippen LogP) is -2.31. The van der Waals surface area contributed by atoms with Crippen LogP contribution in [0.4, 0.5) is 0 Å². The molecule has 0 spiro atoms. The minimum Gasteiger partial charge on any atom is -0.481 e. The van der Waals surface area contributed by atoms with Crippen molar-refractivity contribution in [3.8, 4) is 0 Å². The monoisotopic (exact) mass is 495 g/mol. The van der Waals surface area contributed by atoms with E-state index in [-0.39, 0.29) is 12.8 Å². The van der Waals surface area contributed by atoms with E-state index in [2.05, 4.69) is 16.0 Å². The number of hydrogen-bond donors (Lipinski definition) is 8. The van der Waals surface area contributed by atoms with Gasteiger partial charge in [-0.2, -0.15) is 0 Å². The summed E-state index contributed by atoms with van der Waals surface area (Å²) in [5, 5.41) is 34.2. The standard InChI is InChI=1S/C22H33N5O8/c23-9-5-4-8-15(20(32)27-17(12-28)22(34)35)25-21(33)16(10-13-6-2-1-3-7-13)26-19(31)14(24)11-18(29)30/h1-3,6-7,14-17,28H,4-5,8-12,23-24H2,(H,25,33)(H,26,31)(H,27,32)(H,29,30)(H,34,35). The Morgan fingerprint density at radius 1 is 0.829 bits per heavy atom. The van der Waals surface area contributed by atoms with Crippen molar-refractivity contribution >= 4 is 29.7 Å². The zero-order chi connectivity index (χ0) is 26.4. The van der Waals surface area contributed by atoms with Crippen molar-refractivity contribution in [2.45, 2.75) is 56.3 Å². The van der Waals surface area contributed by atoms with E-state index in [4.69, 9.17) is 21.7 Å². The fraction of sp³-hybridized carbons (Fsp3) is 0.500. The maximum absolute atomic E-state index is 13.1. The molecule has 0 heterocycles. The van der Waals surface area contributed by atoms with Crippen LogP contribution in [0.25, 0.3) is 0 Å². The molecule has 0 aliphatic carbocycles. The summed E-state index contributed by atoms with van der Waals surface area (Å²) in [6.45, 7) is -0.510. The number of nitrogens with two attached hydrogens (primary N) is 2. The second-order valence-corrected chi connectivity index (χ2v) is 7.88. The van der Waals surface area contributed by atoms with Crippen molar-refractivity contribution in [3.05, 3.63) is 35.9 Å². The minimum atomic E-state index is -1.56. The number of carboxylic acids is 2. The van der Waals surface area contributed by atoms with Crippen molar-refractivity contribution in [2.24, 2.45) is 11.5 Å². The zero-order valence-corrected chi connectivity index (χ0v) is 19.2. The summed E-state index contributed by atoms with van der Waals surface area (Å²) in [5.74, 6) is -5.18. The topological polar surface area (TPSA) is 234 Å². The Morgan fingerprint density at radius 2 is 1.40 bits per heavy atom. The van der Waals surface area contributed by atoms with E-state index in [0.29, 0.717) is 24.9 Å². The number of aliphatic hydroxyl groups excluding tert-OH is 1. The second kappa shape index (κ2) is 15.4. The van der Waals surface area contributed by atoms with E-state index in [9.17, 15) is 29.1 Å². The molecule has 10 N–H and O–H groups in total. The van der Waals surface area contributed by atoms with Crippen LogP contribution in [0.3, 0.4) is 0 Å². The van der Waals surface area contributed by atoms with Gasteiger partial charge < -0.3 is 42.7 Å². The first-order valence-electron chi connectivity index (χ1n) is 11.0. The Hall–Kier alpha value is -3.55. The zero-order valence-electron chi connectivity index (χ0n) is 19.2. The third-order valence-corrected chi connectivity index (χ3v) is 5.02. The molecule has 1 rings (SSSR count). The van der Waals surface area contributed by atoms with Crippen LogP contribution in [-0.2, 0) is 30.4 Å². The third-order valence-electron chi connectivity index (χ3n) is 5.02. The molecule has 1 aromatic rings. The maximum Gasteiger partial charge on any atom is 0.328 e. The van der Waals surface area contributed by atoms with Gasteiger partial charge in [-0.15, -0.1) is 0 Å². The van der Waals surface area contributed by atoms with Gasteiger partial charge in [-0.05, 0) is 31.4 Å². The number of carbonyl (C=O) groups is 5. The summed E-state index contributed by atoms with van der Waals surface area (Å²) in [7, 11) is 0. The summed E-state index contributed by atoms with van der Waals surface area (Å²) in [6.07, 6.45) is 0.468. The van der Waals surface area contributed by atoms with Gasteiger partial charge in [-0.3, -0.25) is 19.2 Å². The molecule has 0 aromatic heterocycles. The number of aliphatic carboxylic acids is 2. The lowest BCUT2D eigenvalue weighted by Gasteiger charge is -2.25. The molecule has 4 atom stereocenters. The molecule has 4 unspecified atom stereocenters. The molecule has 194 valence electrons. The lowest BCUT2D eigenvalue weighted by Crippen LogP contribution is -2.58. The van der Waals surface area contributed by atoms with Crippen molar-refractivity contribution < 1.29 is 39.3 Å². The lowest BCUT2D eigenvalue weighted by atomic mass is 10.0. The lowest BCUT2D eigenvalue weighted by molar-refractivity contribution is -0.143. The number of rotatable bonds is 16. The number of hydrogen-bond acceptors (Lipinski definition) is 8. The molecule has 1 aromatic carbocycles. The summed E-state index contributed by atoms with van der Waals surface area (Å²) in [6, 6.07) is 3.30. The van der Waals surface area contributed by atoms with Crippen molar-refractivity contribution in [2.75, 3.05) is 13.2 Å². The van der Waals surface area contributed by atoms with Gasteiger partial charge in [0.15, 0.2) is 0 Å². The Balaban J connectivity index is 3.07. The number of benzene rings is 1. The highest BCUT2D eigenvalue weighted by Gasteiger charge is 2.30. The Kier molecular flexibility index (Phi) is 12.9. The van der Waals surface area contributed by atoms with Crippen LogP contribution in [-0.4, -0.2) is 82.3 Å². The highest BCUT2D eigenvalue weighted by atomic mass is 16.4. The van der Waals surface area contributed by atoms with Crippen LogP contribution in [0, 0.1) is 0 Å². The van der Waals surface area contributed by atoms with E-state index in [1.54, 1.807) is 30.3 Å². The highest BCUT2D eigenvalue weighted by molar-refractivity contribution is 5.94. The van der Waals surface area contributed by atoms with Gasteiger partial charge >= 0.3 is 11.9 Å². The van der Waals surface area contributed by atoms with Gasteiger partial charge in [-0.25, -0.2) is 4.79 Å². The average molecular weight is 496 g/mol. The average Bonchev–Trinajstić information content (AvgIpc) is 2.81. The Labute approximate surface area is 202 Å². The molecule has 0 fully saturated rings.